The first-order valence-corrected chi connectivity index (χ1v) is 9.91. The molecule has 2 aromatic carbocycles. The summed E-state index contributed by atoms with van der Waals surface area (Å²) >= 11 is 7.53. The van der Waals surface area contributed by atoms with Crippen LogP contribution in [-0.4, -0.2) is 52.7 Å². The third-order valence-electron chi connectivity index (χ3n) is 4.51. The zero-order chi connectivity index (χ0) is 17.9. The predicted molar refractivity (Wildman–Crippen MR) is 107 cm³/mol. The Bertz CT molecular complexity index is 888. The van der Waals surface area contributed by atoms with Crippen molar-refractivity contribution in [3.05, 3.63) is 53.6 Å². The van der Waals surface area contributed by atoms with Crippen LogP contribution in [0.2, 0.25) is 5.02 Å². The van der Waals surface area contributed by atoms with Crippen LogP contribution in [0.1, 0.15) is 0 Å². The van der Waals surface area contributed by atoms with Gasteiger partial charge < -0.3 is 14.8 Å². The molecule has 5 nitrogen and oxygen atoms in total. The minimum absolute atomic E-state index is 0.154. The number of amides is 1. The molecule has 0 saturated carbocycles. The fourth-order valence-electron chi connectivity index (χ4n) is 3.11. The zero-order valence-electron chi connectivity index (χ0n) is 14.2. The van der Waals surface area contributed by atoms with Gasteiger partial charge in [-0.25, -0.2) is 4.98 Å². The fraction of sp³-hybridized carbons (Fsp3) is 0.263. The smallest absolute Gasteiger partial charge is 0.233 e. The highest BCUT2D eigenvalue weighted by molar-refractivity contribution is 7.99. The van der Waals surface area contributed by atoms with Crippen molar-refractivity contribution in [3.63, 3.8) is 0 Å². The molecule has 0 aliphatic carbocycles. The molecular weight excluding hydrogens is 368 g/mol. The van der Waals surface area contributed by atoms with E-state index >= 15 is 0 Å². The van der Waals surface area contributed by atoms with Crippen molar-refractivity contribution >= 4 is 46.0 Å². The molecular formula is C19H19ClN4OS. The SMILES string of the molecule is O=C(CSc1nc2ccccc2[nH]1)N1CCN(c2cccc(Cl)c2)CC1. The average molecular weight is 387 g/mol. The lowest BCUT2D eigenvalue weighted by Crippen LogP contribution is -2.49. The minimum atomic E-state index is 0.154. The second kappa shape index (κ2) is 7.60. The van der Waals surface area contributed by atoms with Crippen LogP contribution in [0.4, 0.5) is 5.69 Å². The van der Waals surface area contributed by atoms with Crippen LogP contribution in [0, 0.1) is 0 Å². The lowest BCUT2D eigenvalue weighted by Gasteiger charge is -2.36. The number of nitrogens with zero attached hydrogens (tertiary/aromatic N) is 3. The number of carbonyl (C=O) groups is 1. The summed E-state index contributed by atoms with van der Waals surface area (Å²) in [7, 11) is 0. The number of imidazole rings is 1. The lowest BCUT2D eigenvalue weighted by molar-refractivity contribution is -0.128. The van der Waals surface area contributed by atoms with E-state index in [0.29, 0.717) is 5.75 Å². The monoisotopic (exact) mass is 386 g/mol. The highest BCUT2D eigenvalue weighted by Gasteiger charge is 2.21. The Kier molecular flexibility index (Phi) is 5.04. The Labute approximate surface area is 161 Å². The van der Waals surface area contributed by atoms with E-state index in [9.17, 15) is 4.79 Å². The first kappa shape index (κ1) is 17.2. The number of nitrogens with one attached hydrogen (secondary N) is 1. The number of aromatic nitrogens is 2. The Hall–Kier alpha value is -2.18. The Morgan fingerprint density at radius 3 is 2.69 bits per heavy atom. The van der Waals surface area contributed by atoms with Gasteiger partial charge in [0.15, 0.2) is 5.16 Å². The highest BCUT2D eigenvalue weighted by Crippen LogP contribution is 2.22. The molecule has 3 aromatic rings. The lowest BCUT2D eigenvalue weighted by atomic mass is 10.2. The number of thioether (sulfide) groups is 1. The third kappa shape index (κ3) is 3.81. The minimum Gasteiger partial charge on any atom is -0.368 e. The van der Waals surface area contributed by atoms with Gasteiger partial charge in [-0.3, -0.25) is 4.79 Å². The molecule has 1 saturated heterocycles. The summed E-state index contributed by atoms with van der Waals surface area (Å²) in [4.78, 5) is 24.5. The highest BCUT2D eigenvalue weighted by atomic mass is 35.5. The van der Waals surface area contributed by atoms with Gasteiger partial charge in [-0.1, -0.05) is 41.6 Å². The maximum absolute atomic E-state index is 12.5. The second-order valence-corrected chi connectivity index (χ2v) is 7.60. The number of anilines is 1. The molecule has 26 heavy (non-hydrogen) atoms. The van der Waals surface area contributed by atoms with Gasteiger partial charge in [0.05, 0.1) is 16.8 Å². The van der Waals surface area contributed by atoms with Crippen molar-refractivity contribution in [3.8, 4) is 0 Å². The summed E-state index contributed by atoms with van der Waals surface area (Å²) < 4.78 is 0. The Morgan fingerprint density at radius 2 is 1.92 bits per heavy atom. The van der Waals surface area contributed by atoms with Crippen molar-refractivity contribution in [1.29, 1.82) is 0 Å². The first-order valence-electron chi connectivity index (χ1n) is 8.55. The van der Waals surface area contributed by atoms with Crippen molar-refractivity contribution in [2.45, 2.75) is 5.16 Å². The molecule has 134 valence electrons. The largest absolute Gasteiger partial charge is 0.368 e. The number of para-hydroxylation sites is 2. The molecule has 1 amide bonds. The third-order valence-corrected chi connectivity index (χ3v) is 5.60. The molecule has 1 aromatic heterocycles. The number of carbonyl (C=O) groups excluding carboxylic acids is 1. The van der Waals surface area contributed by atoms with Crippen LogP contribution < -0.4 is 4.90 Å². The number of H-pyrrole nitrogens is 1. The summed E-state index contributed by atoms with van der Waals surface area (Å²) in [6, 6.07) is 15.7. The predicted octanol–water partition coefficient (Wildman–Crippen LogP) is 3.66. The molecule has 2 heterocycles. The molecule has 1 fully saturated rings. The molecule has 0 atom stereocenters. The van der Waals surface area contributed by atoms with Gasteiger partial charge in [0.25, 0.3) is 0 Å². The van der Waals surface area contributed by atoms with Crippen LogP contribution in [0.15, 0.2) is 53.7 Å². The van der Waals surface area contributed by atoms with Crippen LogP contribution in [0.5, 0.6) is 0 Å². The molecule has 4 rings (SSSR count). The van der Waals surface area contributed by atoms with Crippen LogP contribution in [-0.2, 0) is 4.79 Å². The van der Waals surface area contributed by atoms with E-state index in [0.717, 1.165) is 53.1 Å². The first-order chi connectivity index (χ1) is 12.7. The van der Waals surface area contributed by atoms with Gasteiger partial charge in [-0.05, 0) is 30.3 Å². The number of halogens is 1. The second-order valence-electron chi connectivity index (χ2n) is 6.20. The van der Waals surface area contributed by atoms with Crippen molar-refractivity contribution in [2.24, 2.45) is 0 Å². The molecule has 1 N–H and O–H groups in total. The number of fused-ring (bicyclic) bond motifs is 1. The number of hydrogen-bond donors (Lipinski definition) is 1. The Morgan fingerprint density at radius 1 is 1.12 bits per heavy atom. The van der Waals surface area contributed by atoms with Gasteiger partial charge in [0.1, 0.15) is 0 Å². The van der Waals surface area contributed by atoms with E-state index in [4.69, 9.17) is 11.6 Å². The van der Waals surface area contributed by atoms with Crippen LogP contribution >= 0.6 is 23.4 Å². The molecule has 0 radical (unpaired) electrons. The quantitative estimate of drug-likeness (QED) is 0.695. The number of aromatic amines is 1. The van der Waals surface area contributed by atoms with E-state index < -0.39 is 0 Å². The van der Waals surface area contributed by atoms with Crippen molar-refractivity contribution in [2.75, 3.05) is 36.8 Å². The molecule has 1 aliphatic heterocycles. The summed E-state index contributed by atoms with van der Waals surface area (Å²) in [5.74, 6) is 0.554. The van der Waals surface area contributed by atoms with Crippen LogP contribution in [0.3, 0.4) is 0 Å². The summed E-state index contributed by atoms with van der Waals surface area (Å²) in [5, 5.41) is 1.53. The van der Waals surface area contributed by atoms with Gasteiger partial charge in [-0.15, -0.1) is 0 Å². The van der Waals surface area contributed by atoms with E-state index in [1.54, 1.807) is 0 Å². The zero-order valence-corrected chi connectivity index (χ0v) is 15.8. The number of rotatable bonds is 4. The topological polar surface area (TPSA) is 52.2 Å². The maximum atomic E-state index is 12.5. The van der Waals surface area contributed by atoms with Crippen molar-refractivity contribution < 1.29 is 4.79 Å². The van der Waals surface area contributed by atoms with E-state index in [1.807, 2.05) is 47.4 Å². The standard InChI is InChI=1S/C19H19ClN4OS/c20-14-4-3-5-15(12-14)23-8-10-24(11-9-23)18(25)13-26-19-21-16-6-1-2-7-17(16)22-19/h1-7,12H,8-11,13H2,(H,21,22). The van der Waals surface area contributed by atoms with E-state index in [1.165, 1.54) is 11.8 Å². The molecule has 7 heteroatoms. The molecule has 0 bridgehead atoms. The van der Waals surface area contributed by atoms with Crippen molar-refractivity contribution in [1.82, 2.24) is 14.9 Å². The summed E-state index contributed by atoms with van der Waals surface area (Å²) in [6.45, 7) is 3.10. The number of hydrogen-bond acceptors (Lipinski definition) is 4. The normalized spacial score (nSPS) is 14.8. The van der Waals surface area contributed by atoms with E-state index in [-0.39, 0.29) is 5.91 Å². The number of piperazine rings is 1. The number of benzene rings is 2. The molecule has 1 aliphatic rings. The average Bonchev–Trinajstić information content (AvgIpc) is 3.09. The summed E-state index contributed by atoms with van der Waals surface area (Å²) in [5.41, 5.74) is 3.04. The van der Waals surface area contributed by atoms with Gasteiger partial charge in [-0.2, -0.15) is 0 Å². The molecule has 0 spiro atoms. The van der Waals surface area contributed by atoms with Gasteiger partial charge in [0.2, 0.25) is 5.91 Å². The van der Waals surface area contributed by atoms with E-state index in [2.05, 4.69) is 20.9 Å². The summed E-state index contributed by atoms with van der Waals surface area (Å²) in [6.07, 6.45) is 0. The van der Waals surface area contributed by atoms with Crippen LogP contribution in [0.25, 0.3) is 11.0 Å². The Balaban J connectivity index is 1.30. The maximum Gasteiger partial charge on any atom is 0.233 e. The fourth-order valence-corrected chi connectivity index (χ4v) is 4.08. The molecule has 0 unspecified atom stereocenters. The van der Waals surface area contributed by atoms with Gasteiger partial charge in [0, 0.05) is 36.9 Å². The van der Waals surface area contributed by atoms with Gasteiger partial charge >= 0.3 is 0 Å².